The van der Waals surface area contributed by atoms with Crippen LogP contribution in [0.2, 0.25) is 0 Å². The first kappa shape index (κ1) is 15.5. The number of aromatic nitrogens is 2. The molecular weight excluding hydrogens is 261 g/mol. The summed E-state index contributed by atoms with van der Waals surface area (Å²) in [5.41, 5.74) is 4.74. The Labute approximate surface area is 108 Å². The van der Waals surface area contributed by atoms with Gasteiger partial charge in [-0.25, -0.2) is 4.98 Å². The molecule has 0 atom stereocenters. The molecule has 2 N–H and O–H groups in total. The van der Waals surface area contributed by atoms with Crippen molar-refractivity contribution in [3.8, 4) is 0 Å². The molecule has 0 unspecified atom stereocenters. The van der Waals surface area contributed by atoms with Crippen molar-refractivity contribution in [2.75, 3.05) is 24.5 Å². The summed E-state index contributed by atoms with van der Waals surface area (Å²) >= 11 is 0. The summed E-state index contributed by atoms with van der Waals surface area (Å²) in [5, 5.41) is 0. The zero-order valence-electron chi connectivity index (χ0n) is 10.8. The van der Waals surface area contributed by atoms with Gasteiger partial charge in [0.1, 0.15) is 6.54 Å². The van der Waals surface area contributed by atoms with Gasteiger partial charge in [0.2, 0.25) is 0 Å². The van der Waals surface area contributed by atoms with E-state index in [1.165, 1.54) is 17.0 Å². The Hall–Kier alpha value is -1.57. The van der Waals surface area contributed by atoms with E-state index in [2.05, 4.69) is 4.98 Å². The molecule has 1 heterocycles. The monoisotopic (exact) mass is 278 g/mol. The van der Waals surface area contributed by atoms with Crippen molar-refractivity contribution in [3.63, 3.8) is 0 Å². The Morgan fingerprint density at radius 1 is 1.47 bits per heavy atom. The highest BCUT2D eigenvalue weighted by Crippen LogP contribution is 2.18. The first-order valence-corrected chi connectivity index (χ1v) is 5.85. The van der Waals surface area contributed by atoms with Gasteiger partial charge >= 0.3 is 6.18 Å². The predicted octanol–water partition coefficient (Wildman–Crippen LogP) is 1.15. The third-order valence-corrected chi connectivity index (χ3v) is 2.47. The van der Waals surface area contributed by atoms with Crippen LogP contribution in [0, 0.1) is 0 Å². The molecule has 0 saturated carbocycles. The van der Waals surface area contributed by atoms with Gasteiger partial charge in [0.15, 0.2) is 5.82 Å². The maximum Gasteiger partial charge on any atom is 0.405 e. The lowest BCUT2D eigenvalue weighted by Gasteiger charge is -2.24. The number of nitrogens with zero attached hydrogens (tertiary/aromatic N) is 3. The van der Waals surface area contributed by atoms with E-state index >= 15 is 0 Å². The van der Waals surface area contributed by atoms with Gasteiger partial charge in [-0.1, -0.05) is 0 Å². The average Bonchev–Trinajstić information content (AvgIpc) is 2.26. The first-order chi connectivity index (χ1) is 8.76. The molecule has 0 aliphatic rings. The molecule has 1 rings (SSSR count). The van der Waals surface area contributed by atoms with Gasteiger partial charge in [-0.2, -0.15) is 13.2 Å². The minimum absolute atomic E-state index is 0.00771. The third kappa shape index (κ3) is 4.23. The normalized spacial score (nSPS) is 11.9. The van der Waals surface area contributed by atoms with Crippen LogP contribution in [0.1, 0.15) is 19.9 Å². The van der Waals surface area contributed by atoms with Crippen molar-refractivity contribution >= 4 is 5.82 Å². The molecule has 0 fully saturated rings. The van der Waals surface area contributed by atoms with E-state index in [-0.39, 0.29) is 24.9 Å². The maximum absolute atomic E-state index is 12.5. The van der Waals surface area contributed by atoms with Crippen molar-refractivity contribution < 1.29 is 13.2 Å². The topological polar surface area (TPSA) is 64.2 Å². The fourth-order valence-electron chi connectivity index (χ4n) is 1.67. The molecule has 0 aromatic carbocycles. The van der Waals surface area contributed by atoms with Crippen molar-refractivity contribution in [1.82, 2.24) is 9.55 Å². The van der Waals surface area contributed by atoms with Crippen LogP contribution in [0.4, 0.5) is 19.0 Å². The van der Waals surface area contributed by atoms with Gasteiger partial charge < -0.3 is 15.2 Å². The van der Waals surface area contributed by atoms with Crippen LogP contribution in [0.25, 0.3) is 0 Å². The highest BCUT2D eigenvalue weighted by atomic mass is 19.4. The molecule has 0 saturated heterocycles. The van der Waals surface area contributed by atoms with Crippen molar-refractivity contribution in [3.05, 3.63) is 22.7 Å². The standard InChI is InChI=1S/C11H17F3N4O/c1-8(2)18-6-4-16-9(10(18)19)17(5-3-15)7-11(12,13)14/h4,6,8H,3,5,7,15H2,1-2H3. The van der Waals surface area contributed by atoms with Gasteiger partial charge in [-0.15, -0.1) is 0 Å². The van der Waals surface area contributed by atoms with E-state index < -0.39 is 18.3 Å². The summed E-state index contributed by atoms with van der Waals surface area (Å²) in [5.74, 6) is -0.223. The Morgan fingerprint density at radius 3 is 2.58 bits per heavy atom. The van der Waals surface area contributed by atoms with Gasteiger partial charge in [0, 0.05) is 31.5 Å². The molecule has 1 aromatic rings. The molecule has 8 heteroatoms. The van der Waals surface area contributed by atoms with Crippen LogP contribution in [-0.2, 0) is 0 Å². The van der Waals surface area contributed by atoms with E-state index in [1.807, 2.05) is 0 Å². The van der Waals surface area contributed by atoms with E-state index in [0.29, 0.717) is 0 Å². The van der Waals surface area contributed by atoms with Crippen molar-refractivity contribution in [2.24, 2.45) is 5.73 Å². The summed E-state index contributed by atoms with van der Waals surface area (Å²) in [7, 11) is 0. The SMILES string of the molecule is CC(C)n1ccnc(N(CCN)CC(F)(F)F)c1=O. The second-order valence-corrected chi connectivity index (χ2v) is 4.38. The van der Waals surface area contributed by atoms with Crippen LogP contribution in [0.15, 0.2) is 17.2 Å². The molecular formula is C11H17F3N4O. The fourth-order valence-corrected chi connectivity index (χ4v) is 1.67. The van der Waals surface area contributed by atoms with Crippen LogP contribution < -0.4 is 16.2 Å². The van der Waals surface area contributed by atoms with Crippen molar-refractivity contribution in [1.29, 1.82) is 0 Å². The highest BCUT2D eigenvalue weighted by Gasteiger charge is 2.32. The summed E-state index contributed by atoms with van der Waals surface area (Å²) in [6.07, 6.45) is -1.65. The van der Waals surface area contributed by atoms with Crippen LogP contribution in [-0.4, -0.2) is 35.4 Å². The smallest absolute Gasteiger partial charge is 0.342 e. The molecule has 0 aliphatic carbocycles. The number of rotatable bonds is 5. The molecule has 0 radical (unpaired) electrons. The first-order valence-electron chi connectivity index (χ1n) is 5.85. The van der Waals surface area contributed by atoms with Crippen LogP contribution in [0.3, 0.4) is 0 Å². The molecule has 108 valence electrons. The fraction of sp³-hybridized carbons (Fsp3) is 0.636. The second-order valence-electron chi connectivity index (χ2n) is 4.38. The van der Waals surface area contributed by atoms with Gasteiger partial charge in [-0.05, 0) is 13.8 Å². The zero-order valence-corrected chi connectivity index (χ0v) is 10.8. The number of hydrogen-bond acceptors (Lipinski definition) is 4. The molecule has 19 heavy (non-hydrogen) atoms. The van der Waals surface area contributed by atoms with Gasteiger partial charge in [0.05, 0.1) is 0 Å². The summed E-state index contributed by atoms with van der Waals surface area (Å²) in [4.78, 5) is 16.7. The van der Waals surface area contributed by atoms with Crippen LogP contribution >= 0.6 is 0 Å². The van der Waals surface area contributed by atoms with E-state index in [1.54, 1.807) is 13.8 Å². The number of alkyl halides is 3. The molecule has 0 spiro atoms. The minimum atomic E-state index is -4.41. The summed E-state index contributed by atoms with van der Waals surface area (Å²) in [6.45, 7) is 2.22. The summed E-state index contributed by atoms with van der Waals surface area (Å²) in [6, 6.07) is -0.153. The number of anilines is 1. The van der Waals surface area contributed by atoms with Crippen molar-refractivity contribution in [2.45, 2.75) is 26.1 Å². The highest BCUT2D eigenvalue weighted by molar-refractivity contribution is 5.36. The maximum atomic E-state index is 12.5. The minimum Gasteiger partial charge on any atom is -0.342 e. The lowest BCUT2D eigenvalue weighted by atomic mass is 10.3. The van der Waals surface area contributed by atoms with Crippen LogP contribution in [0.5, 0.6) is 0 Å². The Kier molecular flexibility index (Phi) is 4.93. The Morgan fingerprint density at radius 2 is 2.11 bits per heavy atom. The zero-order chi connectivity index (χ0) is 14.6. The lowest BCUT2D eigenvalue weighted by Crippen LogP contribution is -2.42. The Balaban J connectivity index is 3.16. The third-order valence-electron chi connectivity index (χ3n) is 2.47. The van der Waals surface area contributed by atoms with E-state index in [9.17, 15) is 18.0 Å². The Bertz CT molecular complexity index is 470. The van der Waals surface area contributed by atoms with E-state index in [0.717, 1.165) is 4.90 Å². The van der Waals surface area contributed by atoms with Gasteiger partial charge in [0.25, 0.3) is 5.56 Å². The number of nitrogens with two attached hydrogens (primary N) is 1. The average molecular weight is 278 g/mol. The molecule has 0 bridgehead atoms. The van der Waals surface area contributed by atoms with Gasteiger partial charge in [-0.3, -0.25) is 4.79 Å². The summed E-state index contributed by atoms with van der Waals surface area (Å²) < 4.78 is 38.8. The molecule has 0 aliphatic heterocycles. The number of halogens is 3. The predicted molar refractivity (Wildman–Crippen MR) is 66.2 cm³/mol. The molecule has 0 amide bonds. The second kappa shape index (κ2) is 6.05. The number of hydrogen-bond donors (Lipinski definition) is 1. The largest absolute Gasteiger partial charge is 0.405 e. The quantitative estimate of drug-likeness (QED) is 0.877. The lowest BCUT2D eigenvalue weighted by molar-refractivity contribution is -0.119. The molecule has 1 aromatic heterocycles. The molecule has 5 nitrogen and oxygen atoms in total. The van der Waals surface area contributed by atoms with E-state index in [4.69, 9.17) is 5.73 Å².